The van der Waals surface area contributed by atoms with Gasteiger partial charge in [0, 0.05) is 17.6 Å². The van der Waals surface area contributed by atoms with Crippen molar-refractivity contribution in [3.05, 3.63) is 89.0 Å². The summed E-state index contributed by atoms with van der Waals surface area (Å²) in [6, 6.07) is 15.7. The predicted octanol–water partition coefficient (Wildman–Crippen LogP) is 3.63. The zero-order chi connectivity index (χ0) is 25.2. The molecule has 10 heteroatoms. The summed E-state index contributed by atoms with van der Waals surface area (Å²) in [6.45, 7) is -0.361. The van der Waals surface area contributed by atoms with Gasteiger partial charge in [0.2, 0.25) is 21.2 Å². The molecule has 180 valence electrons. The SMILES string of the molecule is COc1ccc(OC)c(NC(=O)Cn2cc(S(=O)(=O)c3ccccc3)c(=O)c3cc(F)ccc32)c1. The number of ether oxygens (including phenoxy) is 2. The molecule has 1 aromatic heterocycles. The number of nitrogens with one attached hydrogen (secondary N) is 1. The third-order valence-electron chi connectivity index (χ3n) is 5.35. The molecule has 3 aromatic carbocycles. The molecule has 0 saturated heterocycles. The highest BCUT2D eigenvalue weighted by Gasteiger charge is 2.24. The minimum atomic E-state index is -4.23. The van der Waals surface area contributed by atoms with Crippen LogP contribution in [0.5, 0.6) is 11.5 Å². The first-order valence-corrected chi connectivity index (χ1v) is 11.9. The number of hydrogen-bond donors (Lipinski definition) is 1. The van der Waals surface area contributed by atoms with E-state index in [9.17, 15) is 22.4 Å². The highest BCUT2D eigenvalue weighted by molar-refractivity contribution is 7.91. The third kappa shape index (κ3) is 4.73. The molecule has 4 rings (SSSR count). The van der Waals surface area contributed by atoms with Gasteiger partial charge in [-0.15, -0.1) is 0 Å². The van der Waals surface area contributed by atoms with Crippen LogP contribution >= 0.6 is 0 Å². The molecule has 1 heterocycles. The Labute approximate surface area is 200 Å². The minimum absolute atomic E-state index is 0.0926. The van der Waals surface area contributed by atoms with E-state index in [1.807, 2.05) is 0 Å². The fourth-order valence-electron chi connectivity index (χ4n) is 3.65. The first kappa shape index (κ1) is 24.0. The number of sulfone groups is 1. The van der Waals surface area contributed by atoms with Crippen molar-refractivity contribution in [1.29, 1.82) is 0 Å². The molecule has 35 heavy (non-hydrogen) atoms. The van der Waals surface area contributed by atoms with Gasteiger partial charge in [0.25, 0.3) is 0 Å². The maximum atomic E-state index is 14.0. The number of aromatic nitrogens is 1. The number of carbonyl (C=O) groups excluding carboxylic acids is 1. The van der Waals surface area contributed by atoms with Gasteiger partial charge in [-0.1, -0.05) is 18.2 Å². The highest BCUT2D eigenvalue weighted by Crippen LogP contribution is 2.29. The van der Waals surface area contributed by atoms with E-state index in [-0.39, 0.29) is 22.3 Å². The van der Waals surface area contributed by atoms with Crippen LogP contribution in [0.25, 0.3) is 10.9 Å². The third-order valence-corrected chi connectivity index (χ3v) is 7.11. The molecule has 0 aliphatic heterocycles. The monoisotopic (exact) mass is 496 g/mol. The number of methoxy groups -OCH3 is 2. The smallest absolute Gasteiger partial charge is 0.244 e. The maximum absolute atomic E-state index is 14.0. The van der Waals surface area contributed by atoms with Crippen molar-refractivity contribution < 1.29 is 27.1 Å². The molecule has 0 aliphatic rings. The normalized spacial score (nSPS) is 11.3. The fraction of sp³-hybridized carbons (Fsp3) is 0.120. The molecular weight excluding hydrogens is 475 g/mol. The molecule has 0 radical (unpaired) electrons. The number of benzene rings is 3. The molecule has 1 amide bonds. The average molecular weight is 497 g/mol. The van der Waals surface area contributed by atoms with Crippen LogP contribution in [0.1, 0.15) is 0 Å². The standard InChI is InChI=1S/C25H21FN2O6S/c1-33-17-9-11-22(34-2)20(13-17)27-24(29)15-28-14-23(35(31,32)18-6-4-3-5-7-18)25(30)19-12-16(26)8-10-21(19)28/h3-14H,15H2,1-2H3,(H,27,29). The molecule has 8 nitrogen and oxygen atoms in total. The summed E-state index contributed by atoms with van der Waals surface area (Å²) in [6.07, 6.45) is 1.10. The lowest BCUT2D eigenvalue weighted by Crippen LogP contribution is -2.24. The first-order valence-electron chi connectivity index (χ1n) is 10.4. The van der Waals surface area contributed by atoms with Crippen LogP contribution in [0.3, 0.4) is 0 Å². The van der Waals surface area contributed by atoms with Gasteiger partial charge in [-0.25, -0.2) is 12.8 Å². The van der Waals surface area contributed by atoms with E-state index in [1.165, 1.54) is 49.1 Å². The minimum Gasteiger partial charge on any atom is -0.497 e. The summed E-state index contributed by atoms with van der Waals surface area (Å²) in [4.78, 5) is 25.4. The van der Waals surface area contributed by atoms with Gasteiger partial charge in [-0.3, -0.25) is 9.59 Å². The van der Waals surface area contributed by atoms with E-state index in [4.69, 9.17) is 9.47 Å². The number of carbonyl (C=O) groups is 1. The van der Waals surface area contributed by atoms with E-state index in [1.54, 1.807) is 24.3 Å². The number of fused-ring (bicyclic) bond motifs is 1. The Morgan fingerprint density at radius 1 is 1.00 bits per heavy atom. The van der Waals surface area contributed by atoms with Gasteiger partial charge in [-0.05, 0) is 42.5 Å². The van der Waals surface area contributed by atoms with Crippen LogP contribution in [0.2, 0.25) is 0 Å². The molecule has 0 bridgehead atoms. The van der Waals surface area contributed by atoms with E-state index in [0.717, 1.165) is 18.3 Å². The Bertz CT molecular complexity index is 1580. The lowest BCUT2D eigenvalue weighted by Gasteiger charge is -2.15. The summed E-state index contributed by atoms with van der Waals surface area (Å²) >= 11 is 0. The zero-order valence-corrected chi connectivity index (χ0v) is 19.6. The topological polar surface area (TPSA) is 104 Å². The van der Waals surface area contributed by atoms with Gasteiger partial charge in [0.1, 0.15) is 28.8 Å². The molecule has 0 fully saturated rings. The maximum Gasteiger partial charge on any atom is 0.244 e. The van der Waals surface area contributed by atoms with Crippen LogP contribution in [0.4, 0.5) is 10.1 Å². The Balaban J connectivity index is 1.80. The molecule has 4 aromatic rings. The van der Waals surface area contributed by atoms with Crippen molar-refractivity contribution in [2.75, 3.05) is 19.5 Å². The highest BCUT2D eigenvalue weighted by atomic mass is 32.2. The Kier molecular flexibility index (Phi) is 6.57. The zero-order valence-electron chi connectivity index (χ0n) is 18.8. The van der Waals surface area contributed by atoms with Crippen molar-refractivity contribution in [2.45, 2.75) is 16.3 Å². The predicted molar refractivity (Wildman–Crippen MR) is 128 cm³/mol. The van der Waals surface area contributed by atoms with E-state index in [0.29, 0.717) is 17.2 Å². The van der Waals surface area contributed by atoms with Crippen molar-refractivity contribution >= 4 is 32.3 Å². The second-order valence-corrected chi connectivity index (χ2v) is 9.46. The molecular formula is C25H21FN2O6S. The van der Waals surface area contributed by atoms with Crippen LogP contribution in [0.15, 0.2) is 87.5 Å². The van der Waals surface area contributed by atoms with Gasteiger partial charge in [-0.2, -0.15) is 0 Å². The molecule has 0 aliphatic carbocycles. The number of halogens is 1. The Morgan fingerprint density at radius 3 is 2.43 bits per heavy atom. The molecule has 0 atom stereocenters. The van der Waals surface area contributed by atoms with Gasteiger partial charge < -0.3 is 19.4 Å². The fourth-order valence-corrected chi connectivity index (χ4v) is 5.04. The average Bonchev–Trinajstić information content (AvgIpc) is 2.86. The number of hydrogen-bond acceptors (Lipinski definition) is 6. The summed E-state index contributed by atoms with van der Waals surface area (Å²) in [5, 5.41) is 2.54. The summed E-state index contributed by atoms with van der Waals surface area (Å²) < 4.78 is 52.2. The summed E-state index contributed by atoms with van der Waals surface area (Å²) in [5.74, 6) is -0.366. The summed E-state index contributed by atoms with van der Waals surface area (Å²) in [7, 11) is -1.31. The lowest BCUT2D eigenvalue weighted by molar-refractivity contribution is -0.116. The Morgan fingerprint density at radius 2 is 1.74 bits per heavy atom. The molecule has 1 N–H and O–H groups in total. The largest absolute Gasteiger partial charge is 0.497 e. The van der Waals surface area contributed by atoms with E-state index >= 15 is 0 Å². The number of anilines is 1. The van der Waals surface area contributed by atoms with Gasteiger partial charge in [0.05, 0.1) is 30.3 Å². The first-order chi connectivity index (χ1) is 16.7. The molecule has 0 unspecified atom stereocenters. The second kappa shape index (κ2) is 9.59. The molecule has 0 spiro atoms. The number of nitrogens with zero attached hydrogens (tertiary/aromatic N) is 1. The van der Waals surface area contributed by atoms with Crippen molar-refractivity contribution in [3.8, 4) is 11.5 Å². The van der Waals surface area contributed by atoms with Crippen LogP contribution in [-0.4, -0.2) is 33.1 Å². The van der Waals surface area contributed by atoms with Crippen LogP contribution in [-0.2, 0) is 21.2 Å². The quantitative estimate of drug-likeness (QED) is 0.419. The number of pyridine rings is 1. The Hall–Kier alpha value is -4.18. The second-order valence-electron chi connectivity index (χ2n) is 7.54. The summed E-state index contributed by atoms with van der Waals surface area (Å²) in [5.41, 5.74) is -0.309. The van der Waals surface area contributed by atoms with E-state index < -0.39 is 31.9 Å². The van der Waals surface area contributed by atoms with Crippen molar-refractivity contribution in [3.63, 3.8) is 0 Å². The van der Waals surface area contributed by atoms with Crippen molar-refractivity contribution in [2.24, 2.45) is 0 Å². The van der Waals surface area contributed by atoms with Crippen LogP contribution in [0, 0.1) is 5.82 Å². The number of rotatable bonds is 7. The number of amides is 1. The van der Waals surface area contributed by atoms with Crippen LogP contribution < -0.4 is 20.2 Å². The van der Waals surface area contributed by atoms with Crippen molar-refractivity contribution in [1.82, 2.24) is 4.57 Å². The van der Waals surface area contributed by atoms with E-state index in [2.05, 4.69) is 5.32 Å². The molecule has 0 saturated carbocycles. The lowest BCUT2D eigenvalue weighted by atomic mass is 10.2. The van der Waals surface area contributed by atoms with Gasteiger partial charge in [0.15, 0.2) is 0 Å². The van der Waals surface area contributed by atoms with Gasteiger partial charge >= 0.3 is 0 Å².